The standard InChI is InChI=1S/C56H76OSi/c1-15-36-58(14,53-47-25-20-23-45(50(47)37-49(53)38(2)3)40-27-31-42(32-28-40)54(5,6)7)52-39(4)44(22-18-16-17-19-35-57-56(11,12)13)51-46(24-21-26-48(51)52)41-29-33-43(34-30-41)55(8,9)10/h20-21,23-34,37-38,52-53H,15-19,22,35-36H2,1-14H3. The molecule has 4 aromatic carbocycles. The molecule has 58 heavy (non-hydrogen) atoms. The van der Waals surface area contributed by atoms with Gasteiger partial charge in [0.15, 0.2) is 0 Å². The Bertz CT molecular complexity index is 2110. The summed E-state index contributed by atoms with van der Waals surface area (Å²) in [7, 11) is -2.16. The Morgan fingerprint density at radius 1 is 0.638 bits per heavy atom. The molecule has 2 aliphatic carbocycles. The highest BCUT2D eigenvalue weighted by molar-refractivity contribution is 6.83. The number of ether oxygens (including phenoxy) is 1. The third kappa shape index (κ3) is 9.14. The average molecular weight is 793 g/mol. The number of allylic oxidation sites excluding steroid dienone is 3. The SMILES string of the molecule is CCC[Si](C)(C1C(C(C)C)=Cc2c(-c3ccc(C(C)(C)C)cc3)cccc21)C1C(C)=C(CCCCCCOC(C)(C)C)c2c(-c3ccc(C(C)(C)C)cc3)cccc21. The molecule has 0 saturated heterocycles. The van der Waals surface area contributed by atoms with E-state index >= 15 is 0 Å². The Labute approximate surface area is 355 Å². The average Bonchev–Trinajstić information content (AvgIpc) is 3.70. The lowest BCUT2D eigenvalue weighted by Gasteiger charge is -2.43. The molecule has 1 nitrogen and oxygen atoms in total. The van der Waals surface area contributed by atoms with Crippen LogP contribution in [0.25, 0.3) is 33.9 Å². The Morgan fingerprint density at radius 3 is 1.71 bits per heavy atom. The molecule has 310 valence electrons. The van der Waals surface area contributed by atoms with Crippen LogP contribution in [0.4, 0.5) is 0 Å². The molecule has 0 saturated carbocycles. The van der Waals surface area contributed by atoms with Crippen molar-refractivity contribution in [1.29, 1.82) is 0 Å². The summed E-state index contributed by atoms with van der Waals surface area (Å²) in [4.78, 5) is 0. The van der Waals surface area contributed by atoms with E-state index in [9.17, 15) is 0 Å². The second-order valence-electron chi connectivity index (χ2n) is 21.4. The van der Waals surface area contributed by atoms with Crippen LogP contribution in [0.1, 0.15) is 173 Å². The van der Waals surface area contributed by atoms with E-state index in [0.717, 1.165) is 19.4 Å². The highest BCUT2D eigenvalue weighted by Gasteiger charge is 2.52. The van der Waals surface area contributed by atoms with E-state index in [-0.39, 0.29) is 16.4 Å². The number of fused-ring (bicyclic) bond motifs is 2. The second-order valence-corrected chi connectivity index (χ2v) is 26.1. The van der Waals surface area contributed by atoms with Gasteiger partial charge < -0.3 is 4.74 Å². The number of hydrogen-bond acceptors (Lipinski definition) is 1. The minimum Gasteiger partial charge on any atom is -0.376 e. The molecule has 0 bridgehead atoms. The van der Waals surface area contributed by atoms with Gasteiger partial charge in [0.25, 0.3) is 0 Å². The van der Waals surface area contributed by atoms with Crippen molar-refractivity contribution in [2.24, 2.45) is 5.92 Å². The predicted molar refractivity (Wildman–Crippen MR) is 258 cm³/mol. The quantitative estimate of drug-likeness (QED) is 0.0913. The monoisotopic (exact) mass is 793 g/mol. The molecule has 0 N–H and O–H groups in total. The summed E-state index contributed by atoms with van der Waals surface area (Å²) in [6, 6.07) is 34.9. The van der Waals surface area contributed by atoms with Crippen LogP contribution in [0.3, 0.4) is 0 Å². The van der Waals surface area contributed by atoms with Gasteiger partial charge in [-0.2, -0.15) is 0 Å². The molecule has 0 aromatic heterocycles. The van der Waals surface area contributed by atoms with Gasteiger partial charge in [-0.05, 0) is 125 Å². The fourth-order valence-electron chi connectivity index (χ4n) is 10.5. The smallest absolute Gasteiger partial charge is 0.0752 e. The summed E-state index contributed by atoms with van der Waals surface area (Å²) in [6.07, 6.45) is 9.82. The number of benzene rings is 4. The second kappa shape index (κ2) is 17.3. The lowest BCUT2D eigenvalue weighted by molar-refractivity contribution is -0.00473. The van der Waals surface area contributed by atoms with Crippen LogP contribution < -0.4 is 0 Å². The van der Waals surface area contributed by atoms with Crippen molar-refractivity contribution in [3.63, 3.8) is 0 Å². The van der Waals surface area contributed by atoms with Crippen LogP contribution in [0.5, 0.6) is 0 Å². The Hall–Kier alpha value is -3.46. The first-order valence-electron chi connectivity index (χ1n) is 22.8. The summed E-state index contributed by atoms with van der Waals surface area (Å²) in [5, 5.41) is 0. The summed E-state index contributed by atoms with van der Waals surface area (Å²) in [5.41, 5.74) is 20.6. The highest BCUT2D eigenvalue weighted by Crippen LogP contribution is 2.59. The first kappa shape index (κ1) is 44.1. The molecule has 2 heteroatoms. The molecule has 0 radical (unpaired) electrons. The summed E-state index contributed by atoms with van der Waals surface area (Å²) < 4.78 is 6.08. The fourth-order valence-corrected chi connectivity index (χ4v) is 16.8. The normalized spacial score (nSPS) is 18.1. The first-order chi connectivity index (χ1) is 27.3. The van der Waals surface area contributed by atoms with E-state index in [1.165, 1.54) is 70.7 Å². The molecule has 0 spiro atoms. The predicted octanol–water partition coefficient (Wildman–Crippen LogP) is 16.7. The van der Waals surface area contributed by atoms with Crippen molar-refractivity contribution in [1.82, 2.24) is 0 Å². The van der Waals surface area contributed by atoms with Crippen LogP contribution in [0, 0.1) is 5.92 Å². The zero-order valence-corrected chi connectivity index (χ0v) is 40.0. The van der Waals surface area contributed by atoms with Gasteiger partial charge >= 0.3 is 0 Å². The first-order valence-corrected chi connectivity index (χ1v) is 25.7. The van der Waals surface area contributed by atoms with E-state index in [4.69, 9.17) is 4.74 Å². The van der Waals surface area contributed by atoms with Crippen molar-refractivity contribution < 1.29 is 4.74 Å². The van der Waals surface area contributed by atoms with Crippen LogP contribution >= 0.6 is 0 Å². The zero-order chi connectivity index (χ0) is 42.2. The Morgan fingerprint density at radius 2 is 1.17 bits per heavy atom. The highest BCUT2D eigenvalue weighted by atomic mass is 28.3. The third-order valence-corrected chi connectivity index (χ3v) is 19.1. The lowest BCUT2D eigenvalue weighted by atomic mass is 9.85. The van der Waals surface area contributed by atoms with Gasteiger partial charge in [0, 0.05) is 17.7 Å². The topological polar surface area (TPSA) is 9.23 Å². The van der Waals surface area contributed by atoms with Gasteiger partial charge in [0.2, 0.25) is 0 Å². The van der Waals surface area contributed by atoms with Gasteiger partial charge in [-0.15, -0.1) is 0 Å². The van der Waals surface area contributed by atoms with Crippen molar-refractivity contribution in [2.75, 3.05) is 6.61 Å². The van der Waals surface area contributed by atoms with Crippen molar-refractivity contribution in [3.05, 3.63) is 129 Å². The van der Waals surface area contributed by atoms with Crippen LogP contribution in [-0.2, 0) is 15.6 Å². The maximum absolute atomic E-state index is 6.08. The summed E-state index contributed by atoms with van der Waals surface area (Å²) >= 11 is 0. The number of hydrogen-bond donors (Lipinski definition) is 0. The van der Waals surface area contributed by atoms with Crippen LogP contribution in [-0.4, -0.2) is 20.3 Å². The molecule has 3 atom stereocenters. The maximum Gasteiger partial charge on any atom is 0.0752 e. The lowest BCUT2D eigenvalue weighted by Crippen LogP contribution is -2.46. The van der Waals surface area contributed by atoms with Crippen molar-refractivity contribution >= 4 is 19.7 Å². The Kier molecular flexibility index (Phi) is 13.1. The fraction of sp³-hybridized carbons (Fsp3) is 0.500. The molecule has 0 heterocycles. The third-order valence-electron chi connectivity index (χ3n) is 13.5. The van der Waals surface area contributed by atoms with Gasteiger partial charge in [0.05, 0.1) is 13.7 Å². The van der Waals surface area contributed by atoms with Gasteiger partial charge in [-0.1, -0.05) is 196 Å². The van der Waals surface area contributed by atoms with E-state index in [0.29, 0.717) is 17.0 Å². The van der Waals surface area contributed by atoms with Gasteiger partial charge in [0.1, 0.15) is 0 Å². The van der Waals surface area contributed by atoms with Crippen molar-refractivity contribution in [3.8, 4) is 22.3 Å². The molecule has 3 unspecified atom stereocenters. The molecule has 6 rings (SSSR count). The number of rotatable bonds is 14. The number of unbranched alkanes of at least 4 members (excludes halogenated alkanes) is 3. The largest absolute Gasteiger partial charge is 0.376 e. The Balaban J connectivity index is 1.45. The zero-order valence-electron chi connectivity index (χ0n) is 39.0. The minimum absolute atomic E-state index is 0.0648. The molecular weight excluding hydrogens is 717 g/mol. The molecule has 4 aromatic rings. The van der Waals surface area contributed by atoms with Gasteiger partial charge in [-0.25, -0.2) is 0 Å². The minimum atomic E-state index is -2.16. The summed E-state index contributed by atoms with van der Waals surface area (Å²) in [5.74, 6) is 0.483. The van der Waals surface area contributed by atoms with Gasteiger partial charge in [-0.3, -0.25) is 0 Å². The molecule has 0 aliphatic heterocycles. The van der Waals surface area contributed by atoms with E-state index in [1.807, 2.05) is 0 Å². The van der Waals surface area contributed by atoms with Crippen molar-refractivity contribution in [2.45, 2.75) is 169 Å². The maximum atomic E-state index is 6.08. The molecular formula is C56H76OSi. The van der Waals surface area contributed by atoms with Crippen LogP contribution in [0.2, 0.25) is 12.6 Å². The van der Waals surface area contributed by atoms with Crippen LogP contribution in [0.15, 0.2) is 96.1 Å². The van der Waals surface area contributed by atoms with E-state index in [1.54, 1.807) is 33.4 Å². The van der Waals surface area contributed by atoms with E-state index in [2.05, 4.69) is 188 Å². The summed E-state index contributed by atoms with van der Waals surface area (Å²) in [6.45, 7) is 33.9. The van der Waals surface area contributed by atoms with E-state index < -0.39 is 8.07 Å². The molecule has 0 amide bonds. The molecule has 2 aliphatic rings. The molecule has 0 fully saturated rings.